The molecule has 2 rings (SSSR count). The summed E-state index contributed by atoms with van der Waals surface area (Å²) < 4.78 is 14.2. The van der Waals surface area contributed by atoms with Gasteiger partial charge in [-0.3, -0.25) is 4.79 Å². The maximum atomic E-state index is 13.4. The summed E-state index contributed by atoms with van der Waals surface area (Å²) in [5.74, 6) is -0.326. The second-order valence-electron chi connectivity index (χ2n) is 2.88. The van der Waals surface area contributed by atoms with Gasteiger partial charge in [-0.1, -0.05) is 15.9 Å². The van der Waals surface area contributed by atoms with E-state index in [1.54, 1.807) is 12.1 Å². The molecule has 0 radical (unpaired) electrons. The van der Waals surface area contributed by atoms with E-state index in [0.29, 0.717) is 22.6 Å². The minimum atomic E-state index is -0.326. The van der Waals surface area contributed by atoms with Crippen LogP contribution < -0.4 is 0 Å². The van der Waals surface area contributed by atoms with E-state index in [2.05, 4.69) is 15.9 Å². The van der Waals surface area contributed by atoms with Gasteiger partial charge in [0.25, 0.3) is 0 Å². The van der Waals surface area contributed by atoms with Crippen molar-refractivity contribution >= 4 is 43.6 Å². The zero-order chi connectivity index (χ0) is 10.1. The van der Waals surface area contributed by atoms with Crippen LogP contribution in [0.1, 0.15) is 15.2 Å². The molecule has 0 N–H and O–H groups in total. The van der Waals surface area contributed by atoms with Crippen molar-refractivity contribution in [2.45, 2.75) is 5.33 Å². The van der Waals surface area contributed by atoms with Gasteiger partial charge in [-0.25, -0.2) is 4.39 Å². The second kappa shape index (κ2) is 3.79. The zero-order valence-corrected chi connectivity index (χ0v) is 9.49. The second-order valence-corrected chi connectivity index (χ2v) is 4.61. The lowest BCUT2D eigenvalue weighted by molar-refractivity contribution is 0.112. The van der Waals surface area contributed by atoms with Gasteiger partial charge in [-0.2, -0.15) is 0 Å². The third-order valence-corrected chi connectivity index (χ3v) is 3.99. The predicted molar refractivity (Wildman–Crippen MR) is 59.8 cm³/mol. The largest absolute Gasteiger partial charge is 0.298 e. The maximum Gasteiger partial charge on any atom is 0.150 e. The highest BCUT2D eigenvalue weighted by Crippen LogP contribution is 2.29. The van der Waals surface area contributed by atoms with Crippen molar-refractivity contribution < 1.29 is 9.18 Å². The first kappa shape index (κ1) is 9.80. The first-order chi connectivity index (χ1) is 6.74. The smallest absolute Gasteiger partial charge is 0.150 e. The molecule has 1 aromatic heterocycles. The monoisotopic (exact) mass is 272 g/mol. The molecule has 4 heteroatoms. The first-order valence-electron chi connectivity index (χ1n) is 3.97. The van der Waals surface area contributed by atoms with Crippen molar-refractivity contribution in [3.63, 3.8) is 0 Å². The quantitative estimate of drug-likeness (QED) is 0.601. The molecule has 0 saturated carbocycles. The Labute approximate surface area is 92.7 Å². The van der Waals surface area contributed by atoms with Crippen LogP contribution in [0.3, 0.4) is 0 Å². The summed E-state index contributed by atoms with van der Waals surface area (Å²) in [5, 5.41) is 1.30. The number of thiophene rings is 1. The molecular formula is C10H6BrFOS. The molecule has 0 atom stereocenters. The van der Waals surface area contributed by atoms with Crippen LogP contribution in [0.2, 0.25) is 0 Å². The minimum absolute atomic E-state index is 0.326. The van der Waals surface area contributed by atoms with Crippen LogP contribution in [-0.4, -0.2) is 6.29 Å². The van der Waals surface area contributed by atoms with Crippen LogP contribution in [0.4, 0.5) is 4.39 Å². The minimum Gasteiger partial charge on any atom is -0.298 e. The SMILES string of the molecule is O=Cc1cc(F)c2cc(CBr)sc2c1. The molecule has 2 aromatic rings. The molecule has 0 unspecified atom stereocenters. The molecule has 0 saturated heterocycles. The predicted octanol–water partition coefficient (Wildman–Crippen LogP) is 3.75. The lowest BCUT2D eigenvalue weighted by atomic mass is 10.2. The van der Waals surface area contributed by atoms with Gasteiger partial charge in [0, 0.05) is 25.9 Å². The number of rotatable bonds is 2. The van der Waals surface area contributed by atoms with Crippen molar-refractivity contribution in [3.05, 3.63) is 34.5 Å². The zero-order valence-electron chi connectivity index (χ0n) is 7.09. The van der Waals surface area contributed by atoms with Gasteiger partial charge in [0.2, 0.25) is 0 Å². The lowest BCUT2D eigenvalue weighted by Gasteiger charge is -1.93. The van der Waals surface area contributed by atoms with Gasteiger partial charge in [0.05, 0.1) is 0 Å². The normalized spacial score (nSPS) is 10.7. The Balaban J connectivity index is 2.73. The summed E-state index contributed by atoms with van der Waals surface area (Å²) in [7, 11) is 0. The van der Waals surface area contributed by atoms with Crippen molar-refractivity contribution in [1.29, 1.82) is 0 Å². The summed E-state index contributed by atoms with van der Waals surface area (Å²) in [6.45, 7) is 0. The molecule has 14 heavy (non-hydrogen) atoms. The number of carbonyl (C=O) groups excluding carboxylic acids is 1. The Bertz CT molecular complexity index is 492. The lowest BCUT2D eigenvalue weighted by Crippen LogP contribution is -1.81. The number of carbonyl (C=O) groups is 1. The third kappa shape index (κ3) is 1.60. The highest BCUT2D eigenvalue weighted by molar-refractivity contribution is 9.08. The number of benzene rings is 1. The van der Waals surface area contributed by atoms with E-state index in [1.165, 1.54) is 17.4 Å². The van der Waals surface area contributed by atoms with Crippen molar-refractivity contribution in [3.8, 4) is 0 Å². The highest BCUT2D eigenvalue weighted by atomic mass is 79.9. The fraction of sp³-hybridized carbons (Fsp3) is 0.100. The van der Waals surface area contributed by atoms with Crippen LogP contribution in [-0.2, 0) is 5.33 Å². The van der Waals surface area contributed by atoms with Crippen molar-refractivity contribution in [2.75, 3.05) is 0 Å². The molecule has 0 spiro atoms. The molecule has 72 valence electrons. The van der Waals surface area contributed by atoms with Gasteiger partial charge < -0.3 is 0 Å². The van der Waals surface area contributed by atoms with Gasteiger partial charge in [-0.05, 0) is 18.2 Å². The van der Waals surface area contributed by atoms with E-state index >= 15 is 0 Å². The van der Waals surface area contributed by atoms with E-state index in [9.17, 15) is 9.18 Å². The Morgan fingerprint density at radius 3 is 2.86 bits per heavy atom. The van der Waals surface area contributed by atoms with Gasteiger partial charge in [-0.15, -0.1) is 11.3 Å². The van der Waals surface area contributed by atoms with Gasteiger partial charge in [0.15, 0.2) is 0 Å². The average molecular weight is 273 g/mol. The number of hydrogen-bond donors (Lipinski definition) is 0. The van der Waals surface area contributed by atoms with Crippen molar-refractivity contribution in [2.24, 2.45) is 0 Å². The molecule has 0 aliphatic rings. The van der Waals surface area contributed by atoms with Gasteiger partial charge >= 0.3 is 0 Å². The Morgan fingerprint density at radius 2 is 2.21 bits per heavy atom. The van der Waals surface area contributed by atoms with E-state index in [-0.39, 0.29) is 5.82 Å². The molecular weight excluding hydrogens is 267 g/mol. The summed E-state index contributed by atoms with van der Waals surface area (Å²) in [4.78, 5) is 11.6. The standard InChI is InChI=1S/C10H6BrFOS/c11-4-7-3-8-9(12)1-6(5-13)2-10(8)14-7/h1-3,5H,4H2. The van der Waals surface area contributed by atoms with Crippen molar-refractivity contribution in [1.82, 2.24) is 0 Å². The number of hydrogen-bond acceptors (Lipinski definition) is 2. The summed E-state index contributed by atoms with van der Waals surface area (Å²) in [5.41, 5.74) is 0.387. The summed E-state index contributed by atoms with van der Waals surface area (Å²) in [6.07, 6.45) is 0.663. The van der Waals surface area contributed by atoms with Crippen LogP contribution in [0.15, 0.2) is 18.2 Å². The molecule has 1 aromatic carbocycles. The summed E-state index contributed by atoms with van der Waals surface area (Å²) in [6, 6.07) is 4.78. The van der Waals surface area contributed by atoms with E-state index < -0.39 is 0 Å². The maximum absolute atomic E-state index is 13.4. The number of aldehydes is 1. The van der Waals surface area contributed by atoms with Crippen LogP contribution >= 0.6 is 27.3 Å². The molecule has 1 nitrogen and oxygen atoms in total. The van der Waals surface area contributed by atoms with Gasteiger partial charge in [0.1, 0.15) is 12.1 Å². The molecule has 0 amide bonds. The molecule has 0 aliphatic heterocycles. The van der Waals surface area contributed by atoms with Crippen LogP contribution in [0.25, 0.3) is 10.1 Å². The number of fused-ring (bicyclic) bond motifs is 1. The molecule has 0 bridgehead atoms. The Kier molecular flexibility index (Phi) is 2.65. The molecule has 1 heterocycles. The highest BCUT2D eigenvalue weighted by Gasteiger charge is 2.07. The number of alkyl halides is 1. The fourth-order valence-electron chi connectivity index (χ4n) is 1.30. The topological polar surface area (TPSA) is 17.1 Å². The summed E-state index contributed by atoms with van der Waals surface area (Å²) >= 11 is 4.81. The Hall–Kier alpha value is -0.740. The first-order valence-corrected chi connectivity index (χ1v) is 5.91. The van der Waals surface area contributed by atoms with Crippen LogP contribution in [0, 0.1) is 5.82 Å². The average Bonchev–Trinajstić information content (AvgIpc) is 2.61. The van der Waals surface area contributed by atoms with E-state index in [1.807, 2.05) is 0 Å². The van der Waals surface area contributed by atoms with Crippen LogP contribution in [0.5, 0.6) is 0 Å². The van der Waals surface area contributed by atoms with E-state index in [4.69, 9.17) is 0 Å². The third-order valence-electron chi connectivity index (χ3n) is 1.93. The fourth-order valence-corrected chi connectivity index (χ4v) is 2.78. The molecule has 0 aliphatic carbocycles. The number of halogens is 2. The molecule has 0 fully saturated rings. The Morgan fingerprint density at radius 1 is 1.43 bits per heavy atom. The van der Waals surface area contributed by atoms with E-state index in [0.717, 1.165) is 9.58 Å².